The van der Waals surface area contributed by atoms with Gasteiger partial charge in [-0.15, -0.1) is 21.5 Å². The molecule has 1 aromatic carbocycles. The molecule has 0 atom stereocenters. The van der Waals surface area contributed by atoms with Gasteiger partial charge in [0, 0.05) is 40.2 Å². The molecule has 3 aromatic rings. The predicted molar refractivity (Wildman–Crippen MR) is 116 cm³/mol. The van der Waals surface area contributed by atoms with E-state index < -0.39 is 4.92 Å². The van der Waals surface area contributed by atoms with E-state index >= 15 is 0 Å². The number of amides is 1. The third kappa shape index (κ3) is 4.83. The number of aryl methyl sites for hydroxylation is 1. The van der Waals surface area contributed by atoms with E-state index in [2.05, 4.69) is 46.2 Å². The van der Waals surface area contributed by atoms with E-state index in [4.69, 9.17) is 0 Å². The zero-order valence-electron chi connectivity index (χ0n) is 16.3. The first-order valence-corrected chi connectivity index (χ1v) is 10.9. The minimum absolute atomic E-state index is 0.0171. The number of carbonyl (C=O) groups is 1. The Morgan fingerprint density at radius 2 is 2.00 bits per heavy atom. The summed E-state index contributed by atoms with van der Waals surface area (Å²) in [5, 5.41) is 24.9. The van der Waals surface area contributed by atoms with Gasteiger partial charge in [-0.2, -0.15) is 0 Å². The van der Waals surface area contributed by atoms with Crippen LogP contribution in [0.25, 0.3) is 11.4 Å². The molecule has 2 heterocycles. The molecule has 0 aliphatic carbocycles. The van der Waals surface area contributed by atoms with Gasteiger partial charge in [0.25, 0.3) is 5.69 Å². The van der Waals surface area contributed by atoms with Crippen molar-refractivity contribution in [3.8, 4) is 11.4 Å². The maximum absolute atomic E-state index is 12.3. The fourth-order valence-corrected chi connectivity index (χ4v) is 4.38. The highest BCUT2D eigenvalue weighted by Crippen LogP contribution is 2.31. The Balaban J connectivity index is 1.69. The summed E-state index contributed by atoms with van der Waals surface area (Å²) in [7, 11) is 0. The first-order valence-electron chi connectivity index (χ1n) is 9.06. The average Bonchev–Trinajstić information content (AvgIpc) is 3.24. The molecule has 2 aromatic heterocycles. The van der Waals surface area contributed by atoms with Crippen molar-refractivity contribution in [2.24, 2.45) is 0 Å². The van der Waals surface area contributed by atoms with Crippen molar-refractivity contribution in [1.29, 1.82) is 0 Å². The Morgan fingerprint density at radius 1 is 1.28 bits per heavy atom. The van der Waals surface area contributed by atoms with E-state index in [1.807, 2.05) is 0 Å². The average molecular weight is 432 g/mol. The van der Waals surface area contributed by atoms with Crippen molar-refractivity contribution in [3.63, 3.8) is 0 Å². The molecule has 29 heavy (non-hydrogen) atoms. The highest BCUT2D eigenvalue weighted by Gasteiger charge is 2.18. The first-order chi connectivity index (χ1) is 13.9. The van der Waals surface area contributed by atoms with Crippen LogP contribution in [0.1, 0.15) is 23.8 Å². The van der Waals surface area contributed by atoms with Gasteiger partial charge in [0.2, 0.25) is 5.91 Å². The smallest absolute Gasteiger partial charge is 0.269 e. The molecule has 0 aliphatic rings. The van der Waals surface area contributed by atoms with Gasteiger partial charge in [-0.25, -0.2) is 0 Å². The Bertz CT molecular complexity index is 1030. The topological polar surface area (TPSA) is 103 Å². The van der Waals surface area contributed by atoms with Crippen molar-refractivity contribution in [2.75, 3.05) is 11.1 Å². The first kappa shape index (κ1) is 21.0. The van der Waals surface area contributed by atoms with Crippen molar-refractivity contribution in [3.05, 3.63) is 50.2 Å². The third-order valence-electron chi connectivity index (χ3n) is 4.38. The van der Waals surface area contributed by atoms with Gasteiger partial charge in [-0.1, -0.05) is 18.7 Å². The van der Waals surface area contributed by atoms with E-state index in [-0.39, 0.29) is 17.3 Å². The van der Waals surface area contributed by atoms with E-state index in [1.165, 1.54) is 46.5 Å². The lowest BCUT2D eigenvalue weighted by atomic mass is 10.1. The largest absolute Gasteiger partial charge is 0.325 e. The van der Waals surface area contributed by atoms with E-state index in [0.717, 1.165) is 24.4 Å². The number of nitrogens with zero attached hydrogens (tertiary/aromatic N) is 4. The van der Waals surface area contributed by atoms with Gasteiger partial charge >= 0.3 is 0 Å². The maximum atomic E-state index is 12.3. The predicted octanol–water partition coefficient (Wildman–Crippen LogP) is 4.67. The Labute approximate surface area is 176 Å². The van der Waals surface area contributed by atoms with Gasteiger partial charge in [0.15, 0.2) is 11.0 Å². The Kier molecular flexibility index (Phi) is 6.65. The normalized spacial score (nSPS) is 10.9. The zero-order valence-corrected chi connectivity index (χ0v) is 18.0. The Hall–Kier alpha value is -2.72. The lowest BCUT2D eigenvalue weighted by Crippen LogP contribution is -2.14. The van der Waals surface area contributed by atoms with E-state index in [0.29, 0.717) is 10.8 Å². The number of thioether (sulfide) groups is 1. The van der Waals surface area contributed by atoms with Crippen LogP contribution in [0.5, 0.6) is 0 Å². The number of hydrogen-bond acceptors (Lipinski definition) is 7. The summed E-state index contributed by atoms with van der Waals surface area (Å²) in [6.45, 7) is 7.02. The number of non-ortho nitro benzene ring substituents is 1. The van der Waals surface area contributed by atoms with Gasteiger partial charge in [-0.3, -0.25) is 14.9 Å². The molecule has 8 nitrogen and oxygen atoms in total. The molecule has 0 bridgehead atoms. The van der Waals surface area contributed by atoms with Gasteiger partial charge < -0.3 is 9.88 Å². The van der Waals surface area contributed by atoms with Crippen LogP contribution in [-0.4, -0.2) is 31.3 Å². The van der Waals surface area contributed by atoms with Gasteiger partial charge in [0.05, 0.1) is 10.7 Å². The second-order valence-electron chi connectivity index (χ2n) is 6.43. The van der Waals surface area contributed by atoms with Crippen molar-refractivity contribution in [2.45, 2.75) is 38.9 Å². The number of aromatic nitrogens is 3. The second-order valence-corrected chi connectivity index (χ2v) is 8.46. The minimum atomic E-state index is -0.476. The summed E-state index contributed by atoms with van der Waals surface area (Å²) in [5.41, 5.74) is 2.78. The fourth-order valence-electron chi connectivity index (χ4n) is 2.75. The van der Waals surface area contributed by atoms with Gasteiger partial charge in [-0.05, 0) is 38.0 Å². The third-order valence-corrected chi connectivity index (χ3v) is 6.36. The van der Waals surface area contributed by atoms with Crippen molar-refractivity contribution >= 4 is 40.4 Å². The van der Waals surface area contributed by atoms with Crippen LogP contribution in [0.3, 0.4) is 0 Å². The van der Waals surface area contributed by atoms with Crippen molar-refractivity contribution in [1.82, 2.24) is 14.8 Å². The molecule has 0 radical (unpaired) electrons. The summed E-state index contributed by atoms with van der Waals surface area (Å²) in [6.07, 6.45) is 0.926. The quantitative estimate of drug-likeness (QED) is 0.316. The monoisotopic (exact) mass is 431 g/mol. The summed E-state index contributed by atoms with van der Waals surface area (Å²) < 4.78 is 2.05. The summed E-state index contributed by atoms with van der Waals surface area (Å²) >= 11 is 3.01. The van der Waals surface area contributed by atoms with Crippen LogP contribution >= 0.6 is 23.1 Å². The number of rotatable bonds is 8. The lowest BCUT2D eigenvalue weighted by Gasteiger charge is -2.09. The summed E-state index contributed by atoms with van der Waals surface area (Å²) in [4.78, 5) is 23.8. The molecular weight excluding hydrogens is 410 g/mol. The molecule has 10 heteroatoms. The summed E-state index contributed by atoms with van der Waals surface area (Å²) in [5.74, 6) is 0.784. The molecule has 0 unspecified atom stereocenters. The molecule has 0 saturated heterocycles. The number of nitro benzene ring substituents is 1. The molecule has 0 spiro atoms. The molecule has 152 valence electrons. The van der Waals surface area contributed by atoms with Gasteiger partial charge in [0.1, 0.15) is 0 Å². The number of benzene rings is 1. The fraction of sp³-hybridized carbons (Fsp3) is 0.316. The maximum Gasteiger partial charge on any atom is 0.269 e. The number of nitro groups is 1. The highest BCUT2D eigenvalue weighted by molar-refractivity contribution is 7.99. The van der Waals surface area contributed by atoms with E-state index in [9.17, 15) is 14.9 Å². The van der Waals surface area contributed by atoms with Crippen LogP contribution in [0.15, 0.2) is 34.8 Å². The van der Waals surface area contributed by atoms with Crippen LogP contribution < -0.4 is 5.32 Å². The minimum Gasteiger partial charge on any atom is -0.325 e. The van der Waals surface area contributed by atoms with E-state index in [1.54, 1.807) is 11.3 Å². The molecule has 1 N–H and O–H groups in total. The SMILES string of the molecule is CCCn1c(SCC(=O)Nc2ccc([N+](=O)[O-])cc2)nnc1-c1csc(C)c1C. The number of anilines is 1. The molecule has 0 aliphatic heterocycles. The Morgan fingerprint density at radius 3 is 2.59 bits per heavy atom. The standard InChI is InChI=1S/C19H21N5O3S2/c1-4-9-23-18(16-10-28-13(3)12(16)2)21-22-19(23)29-11-17(25)20-14-5-7-15(8-6-14)24(26)27/h5-8,10H,4,9,11H2,1-3H3,(H,20,25). The molecule has 0 fully saturated rings. The molecule has 0 saturated carbocycles. The highest BCUT2D eigenvalue weighted by atomic mass is 32.2. The zero-order chi connectivity index (χ0) is 21.0. The van der Waals surface area contributed by atoms with Crippen molar-refractivity contribution < 1.29 is 9.72 Å². The van der Waals surface area contributed by atoms with Crippen LogP contribution in [0, 0.1) is 24.0 Å². The second kappa shape index (κ2) is 9.19. The lowest BCUT2D eigenvalue weighted by molar-refractivity contribution is -0.384. The number of nitrogens with one attached hydrogen (secondary N) is 1. The summed E-state index contributed by atoms with van der Waals surface area (Å²) in [6, 6.07) is 5.75. The van der Waals surface area contributed by atoms with Crippen LogP contribution in [0.2, 0.25) is 0 Å². The number of carbonyl (C=O) groups excluding carboxylic acids is 1. The van der Waals surface area contributed by atoms with Crippen LogP contribution in [-0.2, 0) is 11.3 Å². The number of hydrogen-bond donors (Lipinski definition) is 1. The van der Waals surface area contributed by atoms with Crippen LogP contribution in [0.4, 0.5) is 11.4 Å². The molecule has 3 rings (SSSR count). The molecular formula is C19H21N5O3S2. The molecule has 1 amide bonds. The number of thiophene rings is 1.